The first-order valence-corrected chi connectivity index (χ1v) is 43.0. The first-order valence-electron chi connectivity index (χ1n) is 45.0. The summed E-state index contributed by atoms with van der Waals surface area (Å²) in [4.78, 5) is 43.9. The molecule has 18 aromatic rings. The molecular weight excluding hydrogens is 1550 g/mol. The first-order chi connectivity index (χ1) is 61.7. The van der Waals surface area contributed by atoms with Gasteiger partial charge in [-0.3, -0.25) is 0 Å². The van der Waals surface area contributed by atoms with Crippen LogP contribution in [0.25, 0.3) is 110 Å². The molecular formula is C105H107N15O5. The van der Waals surface area contributed by atoms with E-state index >= 15 is 0 Å². The molecule has 632 valence electrons. The summed E-state index contributed by atoms with van der Waals surface area (Å²) in [5, 5.41) is 10.6. The number of para-hydroxylation sites is 6. The zero-order valence-corrected chi connectivity index (χ0v) is 74.3. The molecule has 5 unspecified atom stereocenters. The van der Waals surface area contributed by atoms with Gasteiger partial charge in [0.2, 0.25) is 28.6 Å². The van der Waals surface area contributed by atoms with Crippen molar-refractivity contribution >= 4 is 173 Å². The first kappa shape index (κ1) is 75.9. The molecule has 20 nitrogen and oxygen atoms in total. The zero-order chi connectivity index (χ0) is 90.5. The van der Waals surface area contributed by atoms with Crippen LogP contribution in [0, 0.1) is 34.6 Å². The van der Waals surface area contributed by atoms with Crippen molar-refractivity contribution in [2.75, 3.05) is 46.2 Å². The summed E-state index contributed by atoms with van der Waals surface area (Å²) in [7, 11) is 2.14. The zero-order valence-electron chi connectivity index (χ0n) is 78.3. The molecule has 20 heteroatoms. The number of hydrogen-bond donors (Lipinski definition) is 0. The highest BCUT2D eigenvalue weighted by Crippen LogP contribution is 2.53. The number of aryl methyl sites for hydroxylation is 5. The van der Waals surface area contributed by atoms with Gasteiger partial charge in [0.25, 0.3) is 0 Å². The van der Waals surface area contributed by atoms with Crippen LogP contribution in [-0.4, -0.2) is 96.7 Å². The van der Waals surface area contributed by atoms with Crippen molar-refractivity contribution in [3.8, 4) is 0 Å². The summed E-state index contributed by atoms with van der Waals surface area (Å²) < 4.78 is 65.0. The molecule has 0 amide bonds. The second-order valence-corrected chi connectivity index (χ2v) is 33.9. The Hall–Kier alpha value is -14.0. The molecule has 125 heavy (non-hydrogen) atoms. The average Bonchev–Trinajstić information content (AvgIpc) is 1.57. The molecule has 23 rings (SSSR count). The molecule has 0 N–H and O–H groups in total. The lowest BCUT2D eigenvalue weighted by atomic mass is 10.1. The maximum Gasteiger partial charge on any atom is 0.227 e. The Kier molecular flexibility index (Phi) is 19.4. The molecule has 5 aliphatic heterocycles. The summed E-state index contributed by atoms with van der Waals surface area (Å²) in [6.07, 6.45) is 17.1. The van der Waals surface area contributed by atoms with Crippen LogP contribution >= 0.6 is 0 Å². The van der Waals surface area contributed by atoms with Crippen LogP contribution in [0.2, 0.25) is 0 Å². The minimum Gasteiger partial charge on any atom is -0.435 e. The van der Waals surface area contributed by atoms with Gasteiger partial charge in [0.15, 0.2) is 27.9 Å². The lowest BCUT2D eigenvalue weighted by Gasteiger charge is -2.33. The van der Waals surface area contributed by atoms with E-state index in [9.17, 15) is 0 Å². The summed E-state index contributed by atoms with van der Waals surface area (Å²) >= 11 is 0. The van der Waals surface area contributed by atoms with Crippen LogP contribution in [0.5, 0.6) is 0 Å². The standard InChI is InChI=1S/2C23H23N3O.C21H19N3O.2C19H21N3O/c2*1-14(2)25-16(4)26(20-10-6-5-9-19(20)25)21-15(3)11-12-17-18-8-7-13-24-23(18)27-22(17)21;1-13-10-11-15-16-7-6-12-22-21(16)25-20(15)19(13)24-14(2)23(3)17-8-4-5-9-18(17)24;2*1-12(2)21-10-11-22(14(21)4)17-13(3)7-8-15-16-6-5-9-20-19(16)23-18(15)17/h2*5-14,16H,1-4H3;4-12,14H,1-3H3;2*5-12,14H,1-4H3/i2*14D;;2*12D. The molecule has 0 fully saturated rings. The third-order valence-electron chi connectivity index (χ3n) is 25.3. The van der Waals surface area contributed by atoms with Crippen LogP contribution in [0.1, 0.15) is 123 Å². The predicted molar refractivity (Wildman–Crippen MR) is 515 cm³/mol. The van der Waals surface area contributed by atoms with E-state index in [0.29, 0.717) is 28.6 Å². The van der Waals surface area contributed by atoms with Gasteiger partial charge in [-0.25, -0.2) is 24.9 Å². The fourth-order valence-corrected chi connectivity index (χ4v) is 19.4. The van der Waals surface area contributed by atoms with Gasteiger partial charge >= 0.3 is 0 Å². The van der Waals surface area contributed by atoms with E-state index in [0.717, 1.165) is 155 Å². The highest BCUT2D eigenvalue weighted by Gasteiger charge is 2.41. The van der Waals surface area contributed by atoms with Crippen LogP contribution in [0.4, 0.5) is 62.6 Å². The maximum atomic E-state index is 8.71. The van der Waals surface area contributed by atoms with Crippen molar-refractivity contribution in [1.82, 2.24) is 34.7 Å². The van der Waals surface area contributed by atoms with Gasteiger partial charge < -0.3 is 71.1 Å². The largest absolute Gasteiger partial charge is 0.435 e. The number of rotatable bonds is 9. The van der Waals surface area contributed by atoms with E-state index in [-0.39, 0.29) is 30.8 Å². The third kappa shape index (κ3) is 13.4. The maximum absolute atomic E-state index is 8.71. The van der Waals surface area contributed by atoms with Gasteiger partial charge in [-0.2, -0.15) is 0 Å². The third-order valence-corrected chi connectivity index (χ3v) is 25.3. The summed E-state index contributed by atoms with van der Waals surface area (Å²) in [6.45, 7) is 36.6. The van der Waals surface area contributed by atoms with Gasteiger partial charge in [0.05, 0.1) is 68.0 Å². The topological polar surface area (TPSA) is 163 Å². The normalized spacial score (nSPS) is 18.0. The van der Waals surface area contributed by atoms with Crippen molar-refractivity contribution in [1.29, 1.82) is 0 Å². The van der Waals surface area contributed by atoms with E-state index in [2.05, 4.69) is 268 Å². The van der Waals surface area contributed by atoms with Crippen molar-refractivity contribution < 1.29 is 27.6 Å². The van der Waals surface area contributed by atoms with Gasteiger partial charge in [-0.1, -0.05) is 97.1 Å². The molecule has 5 atom stereocenters. The number of aromatic nitrogens is 5. The Morgan fingerprint density at radius 1 is 0.264 bits per heavy atom. The number of anilines is 11. The van der Waals surface area contributed by atoms with Crippen LogP contribution in [-0.2, 0) is 0 Å². The summed E-state index contributed by atoms with van der Waals surface area (Å²) in [5.74, 6) is 0. The van der Waals surface area contributed by atoms with Crippen LogP contribution in [0.15, 0.2) is 272 Å². The molecule has 0 spiro atoms. The number of hydrogen-bond acceptors (Lipinski definition) is 20. The molecule has 0 bridgehead atoms. The van der Waals surface area contributed by atoms with Gasteiger partial charge in [0, 0.05) is 141 Å². The monoisotopic (exact) mass is 1660 g/mol. The van der Waals surface area contributed by atoms with Crippen molar-refractivity contribution in [3.63, 3.8) is 0 Å². The van der Waals surface area contributed by atoms with Gasteiger partial charge in [-0.05, 0) is 250 Å². The molecule has 10 aromatic heterocycles. The molecule has 0 saturated heterocycles. The Morgan fingerprint density at radius 2 is 0.512 bits per heavy atom. The molecule has 5 aliphatic rings. The predicted octanol–water partition coefficient (Wildman–Crippen LogP) is 26.5. The van der Waals surface area contributed by atoms with Gasteiger partial charge in [0.1, 0.15) is 30.8 Å². The molecule has 0 saturated carbocycles. The Balaban J connectivity index is 0.000000105. The SMILES string of the molecule is Cc1ccc2c(oc3ncccc32)c1N1c2ccccc2N(C)C1C.[2H]C(C)(C)N1C=CN(c2c(C)ccc3c2oc2ncccc23)C1C.[2H]C(C)(C)N1C=CN(c2c(C)ccc3c2oc2ncccc23)C1C.[2H]C(C)(C)N1c2ccccc2N(c2c(C)ccc3c2oc2ncccc23)C1C.[2H]C(C)(C)N1c2ccccc2N(c2c(C)ccc3c2oc2ncccc23)C1C. The van der Waals surface area contributed by atoms with Crippen LogP contribution in [0.3, 0.4) is 0 Å². The molecule has 15 heterocycles. The van der Waals surface area contributed by atoms with Crippen molar-refractivity contribution in [2.45, 2.75) is 180 Å². The smallest absolute Gasteiger partial charge is 0.227 e. The minimum atomic E-state index is -0.749. The second kappa shape index (κ2) is 32.0. The summed E-state index contributed by atoms with van der Waals surface area (Å²) in [5.41, 5.74) is 25.5. The lowest BCUT2D eigenvalue weighted by molar-refractivity contribution is 0.263. The molecule has 0 radical (unpaired) electrons. The Morgan fingerprint density at radius 3 is 0.784 bits per heavy atom. The fourth-order valence-electron chi connectivity index (χ4n) is 19.4. The van der Waals surface area contributed by atoms with Crippen LogP contribution < -0.4 is 39.2 Å². The molecule has 8 aromatic carbocycles. The molecule has 0 aliphatic carbocycles. The highest BCUT2D eigenvalue weighted by atomic mass is 16.4. The number of nitrogens with zero attached hydrogens (tertiary/aromatic N) is 15. The number of furan rings is 5. The van der Waals surface area contributed by atoms with E-state index in [1.165, 1.54) is 16.9 Å². The van der Waals surface area contributed by atoms with E-state index in [4.69, 9.17) is 27.6 Å². The minimum absolute atomic E-state index is 0.0182. The Bertz CT molecular complexity index is 7120. The summed E-state index contributed by atoms with van der Waals surface area (Å²) in [6, 6.07) is 63.5. The van der Waals surface area contributed by atoms with Crippen molar-refractivity contribution in [2.24, 2.45) is 0 Å². The fraction of sp³-hybridized carbons (Fsp3) is 0.267. The highest BCUT2D eigenvalue weighted by molar-refractivity contribution is 6.14. The van der Waals surface area contributed by atoms with E-state index < -0.39 is 24.1 Å². The second-order valence-electron chi connectivity index (χ2n) is 33.9. The van der Waals surface area contributed by atoms with Crippen molar-refractivity contribution in [3.05, 3.63) is 278 Å². The average molecular weight is 1660 g/mol. The van der Waals surface area contributed by atoms with E-state index in [1.807, 2.05) is 157 Å². The van der Waals surface area contributed by atoms with Gasteiger partial charge in [-0.15, -0.1) is 0 Å². The number of pyridine rings is 5. The Labute approximate surface area is 734 Å². The number of benzene rings is 8. The quantitative estimate of drug-likeness (QED) is 0.134. The van der Waals surface area contributed by atoms with E-state index in [1.54, 1.807) is 31.0 Å². The lowest BCUT2D eigenvalue weighted by Crippen LogP contribution is -2.42. The number of fused-ring (bicyclic) bond motifs is 18.